The van der Waals surface area contributed by atoms with Crippen molar-refractivity contribution in [3.63, 3.8) is 0 Å². The van der Waals surface area contributed by atoms with Crippen LogP contribution in [0, 0.1) is 0 Å². The third-order valence-electron chi connectivity index (χ3n) is 3.85. The average Bonchev–Trinajstić information content (AvgIpc) is 2.45. The molecule has 0 aromatic carbocycles. The van der Waals surface area contributed by atoms with Gasteiger partial charge in [0.25, 0.3) is 0 Å². The van der Waals surface area contributed by atoms with Crippen LogP contribution in [0.4, 0.5) is 0 Å². The Balaban J connectivity index is 2.40. The molecule has 5 heteroatoms. The van der Waals surface area contributed by atoms with E-state index in [1.54, 1.807) is 4.90 Å². The highest BCUT2D eigenvalue weighted by molar-refractivity contribution is 5.84. The molecule has 1 fully saturated rings. The van der Waals surface area contributed by atoms with E-state index in [-0.39, 0.29) is 18.5 Å². The highest BCUT2D eigenvalue weighted by atomic mass is 16.2. The molecule has 3 N–H and O–H groups in total. The van der Waals surface area contributed by atoms with E-state index in [2.05, 4.69) is 12.2 Å². The second-order valence-electron chi connectivity index (χ2n) is 5.65. The summed E-state index contributed by atoms with van der Waals surface area (Å²) in [6, 6.07) is 0.124. The van der Waals surface area contributed by atoms with E-state index in [0.717, 1.165) is 38.8 Å². The summed E-state index contributed by atoms with van der Waals surface area (Å²) in [7, 11) is 0. The second kappa shape index (κ2) is 9.75. The molecular formula is C15H29N3O2. The van der Waals surface area contributed by atoms with Gasteiger partial charge in [0.15, 0.2) is 0 Å². The molecule has 1 aliphatic rings. The molecule has 5 nitrogen and oxygen atoms in total. The summed E-state index contributed by atoms with van der Waals surface area (Å²) in [5.41, 5.74) is 5.28. The molecule has 0 aromatic heterocycles. The normalized spacial score (nSPS) is 18.8. The first-order valence-electron chi connectivity index (χ1n) is 7.93. The number of nitrogens with zero attached hydrogens (tertiary/aromatic N) is 1. The van der Waals surface area contributed by atoms with Crippen LogP contribution >= 0.6 is 0 Å². The fourth-order valence-electron chi connectivity index (χ4n) is 2.71. The Kier molecular flexibility index (Phi) is 8.26. The van der Waals surface area contributed by atoms with Crippen LogP contribution in [0.25, 0.3) is 0 Å². The Labute approximate surface area is 122 Å². The zero-order valence-corrected chi connectivity index (χ0v) is 12.7. The zero-order valence-electron chi connectivity index (χ0n) is 12.7. The van der Waals surface area contributed by atoms with Gasteiger partial charge in [-0.3, -0.25) is 9.59 Å². The summed E-state index contributed by atoms with van der Waals surface area (Å²) in [5, 5.41) is 3.28. The zero-order chi connectivity index (χ0) is 14.8. The van der Waals surface area contributed by atoms with Gasteiger partial charge in [-0.2, -0.15) is 0 Å². The molecule has 0 aliphatic carbocycles. The van der Waals surface area contributed by atoms with Crippen molar-refractivity contribution >= 4 is 11.8 Å². The topological polar surface area (TPSA) is 75.4 Å². The van der Waals surface area contributed by atoms with Crippen molar-refractivity contribution in [1.82, 2.24) is 10.2 Å². The molecule has 1 saturated heterocycles. The first kappa shape index (κ1) is 17.0. The van der Waals surface area contributed by atoms with Crippen LogP contribution in [0.1, 0.15) is 58.3 Å². The summed E-state index contributed by atoms with van der Waals surface area (Å²) in [6.45, 7) is 4.00. The van der Waals surface area contributed by atoms with Crippen molar-refractivity contribution in [3.8, 4) is 0 Å². The van der Waals surface area contributed by atoms with Gasteiger partial charge in [0, 0.05) is 19.0 Å². The number of nitrogens with two attached hydrogens (primary N) is 1. The summed E-state index contributed by atoms with van der Waals surface area (Å²) in [6.07, 6.45) is 8.16. The predicted octanol–water partition coefficient (Wildman–Crippen LogP) is 1.41. The van der Waals surface area contributed by atoms with Gasteiger partial charge in [0.05, 0.1) is 6.54 Å². The standard InChI is InChI=1S/C15H29N3O2/c1-2-3-4-5-6-9-15(20)18(12-14(16)19)13-8-7-10-17-11-13/h13,17H,2-12H2,1H3,(H2,16,19). The van der Waals surface area contributed by atoms with Crippen LogP contribution in [-0.2, 0) is 9.59 Å². The lowest BCUT2D eigenvalue weighted by Crippen LogP contribution is -2.51. The maximum absolute atomic E-state index is 12.3. The summed E-state index contributed by atoms with van der Waals surface area (Å²) in [4.78, 5) is 25.2. The fourth-order valence-corrected chi connectivity index (χ4v) is 2.71. The Morgan fingerprint density at radius 3 is 2.60 bits per heavy atom. The van der Waals surface area contributed by atoms with Crippen LogP contribution in [0.2, 0.25) is 0 Å². The third-order valence-corrected chi connectivity index (χ3v) is 3.85. The first-order valence-corrected chi connectivity index (χ1v) is 7.93. The molecule has 1 aliphatic heterocycles. The largest absolute Gasteiger partial charge is 0.368 e. The summed E-state index contributed by atoms with van der Waals surface area (Å²) >= 11 is 0. The molecule has 0 bridgehead atoms. The van der Waals surface area contributed by atoms with E-state index in [4.69, 9.17) is 5.73 Å². The van der Waals surface area contributed by atoms with Gasteiger partial charge < -0.3 is 16.0 Å². The smallest absolute Gasteiger partial charge is 0.237 e. The maximum atomic E-state index is 12.3. The maximum Gasteiger partial charge on any atom is 0.237 e. The molecule has 0 radical (unpaired) electrons. The number of unbranched alkanes of at least 4 members (excludes halogenated alkanes) is 4. The summed E-state index contributed by atoms with van der Waals surface area (Å²) < 4.78 is 0. The lowest BCUT2D eigenvalue weighted by Gasteiger charge is -2.34. The van der Waals surface area contributed by atoms with Crippen molar-refractivity contribution < 1.29 is 9.59 Å². The number of primary amides is 1. The lowest BCUT2D eigenvalue weighted by molar-refractivity contribution is -0.138. The molecule has 0 spiro atoms. The van der Waals surface area contributed by atoms with Crippen LogP contribution in [0.15, 0.2) is 0 Å². The number of rotatable bonds is 9. The number of amides is 2. The quantitative estimate of drug-likeness (QED) is 0.628. The number of hydrogen-bond acceptors (Lipinski definition) is 3. The molecule has 0 saturated carbocycles. The molecule has 2 amide bonds. The van der Waals surface area contributed by atoms with E-state index in [1.807, 2.05) is 0 Å². The van der Waals surface area contributed by atoms with Crippen LogP contribution in [0.5, 0.6) is 0 Å². The number of piperidine rings is 1. The predicted molar refractivity (Wildman–Crippen MR) is 80.2 cm³/mol. The number of hydrogen-bond donors (Lipinski definition) is 2. The monoisotopic (exact) mass is 283 g/mol. The van der Waals surface area contributed by atoms with Crippen molar-refractivity contribution in [3.05, 3.63) is 0 Å². The Hall–Kier alpha value is -1.10. The number of carbonyl (C=O) groups excluding carboxylic acids is 2. The Bertz CT molecular complexity index is 301. The SMILES string of the molecule is CCCCCCCC(=O)N(CC(N)=O)C1CCCNC1. The van der Waals surface area contributed by atoms with Crippen molar-refractivity contribution in [1.29, 1.82) is 0 Å². The molecular weight excluding hydrogens is 254 g/mol. The minimum absolute atomic E-state index is 0.0557. The van der Waals surface area contributed by atoms with E-state index < -0.39 is 5.91 Å². The van der Waals surface area contributed by atoms with Crippen molar-refractivity contribution in [2.75, 3.05) is 19.6 Å². The van der Waals surface area contributed by atoms with E-state index >= 15 is 0 Å². The average molecular weight is 283 g/mol. The Morgan fingerprint density at radius 2 is 2.00 bits per heavy atom. The molecule has 20 heavy (non-hydrogen) atoms. The molecule has 1 atom stereocenters. The van der Waals surface area contributed by atoms with Crippen molar-refractivity contribution in [2.45, 2.75) is 64.3 Å². The van der Waals surface area contributed by atoms with Gasteiger partial charge in [-0.25, -0.2) is 0 Å². The number of carbonyl (C=O) groups is 2. The van der Waals surface area contributed by atoms with Crippen LogP contribution in [0.3, 0.4) is 0 Å². The van der Waals surface area contributed by atoms with E-state index in [1.165, 1.54) is 19.3 Å². The van der Waals surface area contributed by atoms with E-state index in [9.17, 15) is 9.59 Å². The van der Waals surface area contributed by atoms with Crippen LogP contribution in [-0.4, -0.2) is 42.4 Å². The molecule has 1 heterocycles. The number of nitrogens with one attached hydrogen (secondary N) is 1. The molecule has 0 aromatic rings. The van der Waals surface area contributed by atoms with Gasteiger partial charge in [-0.05, 0) is 25.8 Å². The highest BCUT2D eigenvalue weighted by Gasteiger charge is 2.25. The molecule has 1 unspecified atom stereocenters. The molecule has 116 valence electrons. The lowest BCUT2D eigenvalue weighted by atomic mass is 10.0. The van der Waals surface area contributed by atoms with Gasteiger partial charge in [0.2, 0.25) is 11.8 Å². The van der Waals surface area contributed by atoms with Gasteiger partial charge >= 0.3 is 0 Å². The molecule has 1 rings (SSSR count). The Morgan fingerprint density at radius 1 is 1.25 bits per heavy atom. The summed E-state index contributed by atoms with van der Waals surface area (Å²) in [5.74, 6) is -0.344. The second-order valence-corrected chi connectivity index (χ2v) is 5.65. The highest BCUT2D eigenvalue weighted by Crippen LogP contribution is 2.14. The fraction of sp³-hybridized carbons (Fsp3) is 0.867. The first-order chi connectivity index (χ1) is 9.65. The minimum Gasteiger partial charge on any atom is -0.368 e. The third kappa shape index (κ3) is 6.37. The van der Waals surface area contributed by atoms with Crippen LogP contribution < -0.4 is 11.1 Å². The van der Waals surface area contributed by atoms with E-state index in [0.29, 0.717) is 6.42 Å². The minimum atomic E-state index is -0.421. The van der Waals surface area contributed by atoms with Gasteiger partial charge in [-0.1, -0.05) is 32.6 Å². The van der Waals surface area contributed by atoms with Gasteiger partial charge in [0.1, 0.15) is 0 Å². The van der Waals surface area contributed by atoms with Gasteiger partial charge in [-0.15, -0.1) is 0 Å². The van der Waals surface area contributed by atoms with Crippen molar-refractivity contribution in [2.24, 2.45) is 5.73 Å².